The fraction of sp³-hybridized carbons (Fsp3) is 0.0833. The van der Waals surface area contributed by atoms with E-state index in [-0.39, 0.29) is 12.1 Å². The molecule has 0 aromatic heterocycles. The van der Waals surface area contributed by atoms with Crippen molar-refractivity contribution in [3.05, 3.63) is 94.5 Å². The van der Waals surface area contributed by atoms with Gasteiger partial charge in [-0.05, 0) is 66.2 Å². The van der Waals surface area contributed by atoms with Gasteiger partial charge in [0.25, 0.3) is 11.8 Å². The van der Waals surface area contributed by atoms with Crippen LogP contribution in [0.4, 0.5) is 0 Å². The van der Waals surface area contributed by atoms with Crippen LogP contribution in [0.3, 0.4) is 0 Å². The molecular weight excluding hydrogens is 446 g/mol. The Morgan fingerprint density at radius 2 is 1.61 bits per heavy atom. The Balaban J connectivity index is 1.45. The van der Waals surface area contributed by atoms with Crippen LogP contribution >= 0.6 is 11.6 Å². The zero-order valence-corrected chi connectivity index (χ0v) is 18.3. The van der Waals surface area contributed by atoms with Gasteiger partial charge in [-0.2, -0.15) is 5.10 Å². The standard InChI is InChI=1S/C24H20ClN3O5/c1-32-18-12-8-17(9-13-18)24(31)33-19-10-6-16(7-11-19)14-27-28-22(29)15-26-23(30)20-4-2-3-5-21(20)25/h2-14H,15H2,1H3,(H,26,30)(H,28,29)/b27-14+. The van der Waals surface area contributed by atoms with Gasteiger partial charge in [-0.3, -0.25) is 9.59 Å². The van der Waals surface area contributed by atoms with Gasteiger partial charge >= 0.3 is 5.97 Å². The van der Waals surface area contributed by atoms with Crippen LogP contribution in [-0.4, -0.2) is 37.7 Å². The quantitative estimate of drug-likeness (QED) is 0.229. The molecule has 0 aliphatic carbocycles. The van der Waals surface area contributed by atoms with E-state index < -0.39 is 17.8 Å². The first kappa shape index (κ1) is 23.5. The molecule has 0 spiro atoms. The molecule has 0 atom stereocenters. The Bertz CT molecular complexity index is 1160. The second-order valence-electron chi connectivity index (χ2n) is 6.64. The van der Waals surface area contributed by atoms with E-state index >= 15 is 0 Å². The van der Waals surface area contributed by atoms with Crippen molar-refractivity contribution in [1.29, 1.82) is 0 Å². The number of methoxy groups -OCH3 is 1. The molecular formula is C24H20ClN3O5. The number of carbonyl (C=O) groups excluding carboxylic acids is 3. The number of hydrogen-bond acceptors (Lipinski definition) is 6. The number of nitrogens with zero attached hydrogens (tertiary/aromatic N) is 1. The highest BCUT2D eigenvalue weighted by Crippen LogP contribution is 2.16. The fourth-order valence-electron chi connectivity index (χ4n) is 2.63. The van der Waals surface area contributed by atoms with E-state index in [2.05, 4.69) is 15.8 Å². The third kappa shape index (κ3) is 6.91. The van der Waals surface area contributed by atoms with Gasteiger partial charge in [0.05, 0.1) is 36.0 Å². The van der Waals surface area contributed by atoms with E-state index in [0.29, 0.717) is 27.6 Å². The SMILES string of the molecule is COc1ccc(C(=O)Oc2ccc(/C=N/NC(=O)CNC(=O)c3ccccc3Cl)cc2)cc1. The van der Waals surface area contributed by atoms with E-state index in [4.69, 9.17) is 21.1 Å². The summed E-state index contributed by atoms with van der Waals surface area (Å²) in [7, 11) is 1.55. The largest absolute Gasteiger partial charge is 0.497 e. The molecule has 8 nitrogen and oxygen atoms in total. The molecule has 2 N–H and O–H groups in total. The predicted octanol–water partition coefficient (Wildman–Crippen LogP) is 3.45. The molecule has 3 aromatic carbocycles. The smallest absolute Gasteiger partial charge is 0.343 e. The van der Waals surface area contributed by atoms with Crippen molar-refractivity contribution in [1.82, 2.24) is 10.7 Å². The van der Waals surface area contributed by atoms with Gasteiger partial charge in [0.15, 0.2) is 0 Å². The van der Waals surface area contributed by atoms with E-state index in [1.54, 1.807) is 79.9 Å². The zero-order valence-electron chi connectivity index (χ0n) is 17.6. The van der Waals surface area contributed by atoms with Crippen LogP contribution in [0.2, 0.25) is 5.02 Å². The summed E-state index contributed by atoms with van der Waals surface area (Å²) in [6.07, 6.45) is 1.42. The number of rotatable bonds is 8. The lowest BCUT2D eigenvalue weighted by Gasteiger charge is -2.06. The maximum absolute atomic E-state index is 12.2. The molecule has 33 heavy (non-hydrogen) atoms. The average molecular weight is 466 g/mol. The lowest BCUT2D eigenvalue weighted by atomic mass is 10.2. The highest BCUT2D eigenvalue weighted by Gasteiger charge is 2.11. The van der Waals surface area contributed by atoms with Crippen molar-refractivity contribution in [2.75, 3.05) is 13.7 Å². The molecule has 0 unspecified atom stereocenters. The first-order valence-corrected chi connectivity index (χ1v) is 10.1. The number of nitrogens with one attached hydrogen (secondary N) is 2. The van der Waals surface area contributed by atoms with E-state index in [9.17, 15) is 14.4 Å². The summed E-state index contributed by atoms with van der Waals surface area (Å²) in [4.78, 5) is 36.1. The first-order chi connectivity index (χ1) is 16.0. The third-order valence-electron chi connectivity index (χ3n) is 4.35. The molecule has 0 bridgehead atoms. The number of hydrazone groups is 1. The van der Waals surface area contributed by atoms with Crippen LogP contribution in [-0.2, 0) is 4.79 Å². The number of ether oxygens (including phenoxy) is 2. The van der Waals surface area contributed by atoms with E-state index in [1.807, 2.05) is 0 Å². The molecule has 3 aromatic rings. The summed E-state index contributed by atoms with van der Waals surface area (Å²) in [5, 5.41) is 6.61. The number of carbonyl (C=O) groups is 3. The lowest BCUT2D eigenvalue weighted by Crippen LogP contribution is -2.35. The minimum atomic E-state index is -0.503. The Hall–Kier alpha value is -4.17. The Morgan fingerprint density at radius 1 is 0.939 bits per heavy atom. The molecule has 0 aliphatic rings. The molecule has 2 amide bonds. The maximum Gasteiger partial charge on any atom is 0.343 e. The van der Waals surface area contributed by atoms with Gasteiger partial charge < -0.3 is 14.8 Å². The molecule has 0 radical (unpaired) electrons. The summed E-state index contributed by atoms with van der Waals surface area (Å²) in [6.45, 7) is -0.262. The van der Waals surface area contributed by atoms with Crippen LogP contribution in [0.25, 0.3) is 0 Å². The van der Waals surface area contributed by atoms with Gasteiger partial charge in [0, 0.05) is 0 Å². The summed E-state index contributed by atoms with van der Waals surface area (Å²) >= 11 is 5.95. The highest BCUT2D eigenvalue weighted by molar-refractivity contribution is 6.33. The molecule has 0 saturated heterocycles. The zero-order chi connectivity index (χ0) is 23.6. The number of halogens is 1. The molecule has 0 heterocycles. The first-order valence-electron chi connectivity index (χ1n) is 9.77. The number of amides is 2. The summed E-state index contributed by atoms with van der Waals surface area (Å²) in [6, 6.07) is 19.7. The van der Waals surface area contributed by atoms with Crippen LogP contribution < -0.4 is 20.2 Å². The molecule has 0 fully saturated rings. The minimum Gasteiger partial charge on any atom is -0.497 e. The van der Waals surface area contributed by atoms with Gasteiger partial charge in [0.2, 0.25) is 0 Å². The fourth-order valence-corrected chi connectivity index (χ4v) is 2.86. The number of benzene rings is 3. The second kappa shape index (κ2) is 11.4. The molecule has 168 valence electrons. The monoisotopic (exact) mass is 465 g/mol. The van der Waals surface area contributed by atoms with Crippen LogP contribution in [0, 0.1) is 0 Å². The minimum absolute atomic E-state index is 0.262. The van der Waals surface area contributed by atoms with E-state index in [0.717, 1.165) is 0 Å². The van der Waals surface area contributed by atoms with Gasteiger partial charge in [-0.25, -0.2) is 10.2 Å². The maximum atomic E-state index is 12.2. The van der Waals surface area contributed by atoms with Crippen LogP contribution in [0.15, 0.2) is 77.9 Å². The molecule has 0 aliphatic heterocycles. The third-order valence-corrected chi connectivity index (χ3v) is 4.68. The number of esters is 1. The molecule has 3 rings (SSSR count). The normalized spacial score (nSPS) is 10.5. The van der Waals surface area contributed by atoms with Crippen molar-refractivity contribution in [3.63, 3.8) is 0 Å². The Morgan fingerprint density at radius 3 is 2.27 bits per heavy atom. The second-order valence-corrected chi connectivity index (χ2v) is 7.05. The van der Waals surface area contributed by atoms with Crippen molar-refractivity contribution < 1.29 is 23.9 Å². The van der Waals surface area contributed by atoms with Gasteiger partial charge in [-0.1, -0.05) is 23.7 Å². The van der Waals surface area contributed by atoms with Crippen LogP contribution in [0.1, 0.15) is 26.3 Å². The molecule has 9 heteroatoms. The van der Waals surface area contributed by atoms with Crippen molar-refractivity contribution in [3.8, 4) is 11.5 Å². The summed E-state index contributed by atoms with van der Waals surface area (Å²) in [5.41, 5.74) is 3.66. The summed E-state index contributed by atoms with van der Waals surface area (Å²) < 4.78 is 10.4. The Labute approximate surface area is 195 Å². The lowest BCUT2D eigenvalue weighted by molar-refractivity contribution is -0.120. The van der Waals surface area contributed by atoms with Crippen molar-refractivity contribution >= 4 is 35.6 Å². The van der Waals surface area contributed by atoms with Gasteiger partial charge in [-0.15, -0.1) is 0 Å². The molecule has 0 saturated carbocycles. The van der Waals surface area contributed by atoms with Crippen molar-refractivity contribution in [2.45, 2.75) is 0 Å². The predicted molar refractivity (Wildman–Crippen MR) is 124 cm³/mol. The Kier molecular flexibility index (Phi) is 8.15. The summed E-state index contributed by atoms with van der Waals surface area (Å²) in [5.74, 6) is -0.453. The van der Waals surface area contributed by atoms with E-state index in [1.165, 1.54) is 6.21 Å². The van der Waals surface area contributed by atoms with Gasteiger partial charge in [0.1, 0.15) is 11.5 Å². The average Bonchev–Trinajstić information content (AvgIpc) is 2.84. The van der Waals surface area contributed by atoms with Crippen LogP contribution in [0.5, 0.6) is 11.5 Å². The highest BCUT2D eigenvalue weighted by atomic mass is 35.5. The van der Waals surface area contributed by atoms with Crippen molar-refractivity contribution in [2.24, 2.45) is 5.10 Å². The number of hydrogen-bond donors (Lipinski definition) is 2. The topological polar surface area (TPSA) is 106 Å².